The summed E-state index contributed by atoms with van der Waals surface area (Å²) in [7, 11) is 0. The van der Waals surface area contributed by atoms with Crippen LogP contribution < -0.4 is 29.6 Å². The van der Waals surface area contributed by atoms with Crippen molar-refractivity contribution in [2.75, 3.05) is 6.61 Å². The monoisotopic (exact) mass is 742 g/mol. The Morgan fingerprint density at radius 3 is 1.62 bits per heavy atom. The summed E-state index contributed by atoms with van der Waals surface area (Å²) in [5, 5.41) is 19.1. The van der Waals surface area contributed by atoms with Crippen molar-refractivity contribution in [3.05, 3.63) is 117 Å². The molecule has 0 aliphatic rings. The zero-order valence-corrected chi connectivity index (χ0v) is 29.8. The molecule has 0 fully saturated rings. The summed E-state index contributed by atoms with van der Waals surface area (Å²) in [5.74, 6) is -2.24. The second kappa shape index (κ2) is 17.7. The van der Waals surface area contributed by atoms with Gasteiger partial charge in [0.25, 0.3) is 12.9 Å². The molecule has 0 amide bonds. The van der Waals surface area contributed by atoms with E-state index in [9.17, 15) is 27.2 Å². The summed E-state index contributed by atoms with van der Waals surface area (Å²) >= 11 is 11.8. The maximum Gasteiger partial charge on any atom is 1.00 e. The SMILES string of the molecule is CCOC(=O)c1cn(Cc2ccc3ncc(Cl)cc3c2)nc1C(F)F.O=C(O)c1cn(Cc2ccc3ncc(Cl)cc3c2)nc1C(F)F.[Na+].[OH-]. The van der Waals surface area contributed by atoms with Gasteiger partial charge in [0.05, 0.1) is 40.8 Å². The first kappa shape index (κ1) is 40.3. The molecule has 0 bridgehead atoms. The van der Waals surface area contributed by atoms with Crippen LogP contribution in [0.3, 0.4) is 0 Å². The van der Waals surface area contributed by atoms with Crippen molar-refractivity contribution in [1.82, 2.24) is 29.5 Å². The largest absolute Gasteiger partial charge is 1.00 e. The van der Waals surface area contributed by atoms with E-state index in [-0.39, 0.29) is 60.3 Å². The molecule has 11 nitrogen and oxygen atoms in total. The van der Waals surface area contributed by atoms with Crippen molar-refractivity contribution in [3.63, 3.8) is 0 Å². The van der Waals surface area contributed by atoms with Gasteiger partial charge in [-0.2, -0.15) is 10.2 Å². The van der Waals surface area contributed by atoms with Gasteiger partial charge in [0.2, 0.25) is 0 Å². The third-order valence-corrected chi connectivity index (χ3v) is 7.25. The molecular weight excluding hydrogens is 718 g/mol. The van der Waals surface area contributed by atoms with Crippen molar-refractivity contribution < 1.29 is 72.0 Å². The van der Waals surface area contributed by atoms with Gasteiger partial charge in [-0.1, -0.05) is 35.3 Å². The van der Waals surface area contributed by atoms with E-state index in [2.05, 4.69) is 20.2 Å². The number of benzene rings is 2. The van der Waals surface area contributed by atoms with Crippen LogP contribution in [0.25, 0.3) is 21.8 Å². The van der Waals surface area contributed by atoms with Gasteiger partial charge in [-0.05, 0) is 54.4 Å². The molecule has 0 spiro atoms. The number of aromatic carboxylic acids is 1. The zero-order chi connectivity index (χ0) is 34.5. The average Bonchev–Trinajstić information content (AvgIpc) is 3.66. The molecule has 0 saturated heterocycles. The van der Waals surface area contributed by atoms with E-state index < -0.39 is 41.7 Å². The summed E-state index contributed by atoms with van der Waals surface area (Å²) in [6, 6.07) is 14.3. The fourth-order valence-electron chi connectivity index (χ4n) is 4.77. The van der Waals surface area contributed by atoms with Gasteiger partial charge < -0.3 is 15.3 Å². The Hall–Kier alpha value is -4.12. The molecular formula is C32H25Cl2F4N6NaO5. The molecule has 0 atom stereocenters. The van der Waals surface area contributed by atoms with Crippen LogP contribution in [0.15, 0.2) is 73.3 Å². The summed E-state index contributed by atoms with van der Waals surface area (Å²) in [5.41, 5.74) is 1.07. The number of aromatic nitrogens is 6. The molecule has 0 saturated carbocycles. The van der Waals surface area contributed by atoms with Crippen molar-refractivity contribution >= 4 is 56.9 Å². The Labute approximate surface area is 313 Å². The van der Waals surface area contributed by atoms with Crippen LogP contribution in [0.5, 0.6) is 0 Å². The predicted molar refractivity (Wildman–Crippen MR) is 171 cm³/mol. The fraction of sp³-hybridized carbons (Fsp3) is 0.188. The van der Waals surface area contributed by atoms with Gasteiger partial charge in [-0.3, -0.25) is 19.3 Å². The Balaban J connectivity index is 0.000000261. The van der Waals surface area contributed by atoms with Crippen LogP contribution in [-0.2, 0) is 17.8 Å². The molecule has 18 heteroatoms. The minimum atomic E-state index is -2.94. The number of carboxylic acids is 1. The Kier molecular flexibility index (Phi) is 14.3. The van der Waals surface area contributed by atoms with Crippen molar-refractivity contribution in [1.29, 1.82) is 0 Å². The van der Waals surface area contributed by atoms with Crippen molar-refractivity contribution in [2.45, 2.75) is 32.9 Å². The van der Waals surface area contributed by atoms with Gasteiger partial charge in [0, 0.05) is 35.6 Å². The van der Waals surface area contributed by atoms with Crippen LogP contribution in [0, 0.1) is 0 Å². The number of esters is 1. The number of hydrogen-bond acceptors (Lipinski definition) is 8. The van der Waals surface area contributed by atoms with Gasteiger partial charge >= 0.3 is 41.5 Å². The van der Waals surface area contributed by atoms with Gasteiger partial charge in [0.15, 0.2) is 0 Å². The molecule has 2 N–H and O–H groups in total. The molecule has 2 aromatic carbocycles. The summed E-state index contributed by atoms with van der Waals surface area (Å²) in [6.07, 6.45) is -0.338. The minimum Gasteiger partial charge on any atom is -0.870 e. The average molecular weight is 743 g/mol. The molecule has 6 rings (SSSR count). The molecule has 0 aliphatic carbocycles. The van der Waals surface area contributed by atoms with E-state index >= 15 is 0 Å². The van der Waals surface area contributed by atoms with E-state index in [4.69, 9.17) is 33.0 Å². The molecule has 0 unspecified atom stereocenters. The van der Waals surface area contributed by atoms with E-state index in [1.807, 2.05) is 18.2 Å². The molecule has 50 heavy (non-hydrogen) atoms. The molecule has 6 aromatic rings. The first-order valence-electron chi connectivity index (χ1n) is 14.1. The van der Waals surface area contributed by atoms with Crippen LogP contribution >= 0.6 is 23.2 Å². The molecule has 4 aromatic heterocycles. The Morgan fingerprint density at radius 1 is 0.780 bits per heavy atom. The topological polar surface area (TPSA) is 155 Å². The number of ether oxygens (including phenoxy) is 1. The third kappa shape index (κ3) is 9.77. The van der Waals surface area contributed by atoms with Crippen LogP contribution in [0.2, 0.25) is 10.0 Å². The van der Waals surface area contributed by atoms with Crippen LogP contribution in [-0.4, -0.2) is 58.7 Å². The first-order chi connectivity index (χ1) is 22.9. The number of hydrogen-bond donors (Lipinski definition) is 1. The number of carbonyl (C=O) groups excluding carboxylic acids is 1. The second-order valence-corrected chi connectivity index (χ2v) is 11.1. The van der Waals surface area contributed by atoms with Crippen LogP contribution in [0.1, 0.15) is 63.0 Å². The number of carboxylic acid groups (broad SMARTS) is 1. The molecule has 0 aliphatic heterocycles. The maximum absolute atomic E-state index is 13.1. The van der Waals surface area contributed by atoms with Crippen molar-refractivity contribution in [3.8, 4) is 0 Å². The number of alkyl halides is 4. The van der Waals surface area contributed by atoms with E-state index in [0.717, 1.165) is 39.1 Å². The third-order valence-electron chi connectivity index (χ3n) is 6.83. The number of halogens is 6. The predicted octanol–water partition coefficient (Wildman–Crippen LogP) is 4.84. The summed E-state index contributed by atoms with van der Waals surface area (Å²) in [4.78, 5) is 31.2. The quantitative estimate of drug-likeness (QED) is 0.124. The Morgan fingerprint density at radius 2 is 1.22 bits per heavy atom. The normalized spacial score (nSPS) is 10.8. The van der Waals surface area contributed by atoms with Gasteiger partial charge in [-0.25, -0.2) is 27.2 Å². The second-order valence-electron chi connectivity index (χ2n) is 10.2. The van der Waals surface area contributed by atoms with E-state index in [1.165, 1.54) is 21.8 Å². The zero-order valence-electron chi connectivity index (χ0n) is 26.3. The standard InChI is InChI=1S/C17H14ClF2N3O2.C15H10ClF2N3O2.Na.H2O/c1-2-25-17(24)13-9-23(22-15(13)16(19)20)8-10-3-4-14-11(5-10)6-12(18)7-21-14;16-10-4-9-3-8(1-2-12(9)19-5-10)6-21-7-11(15(22)23)13(20-21)14(17)18;;/h3-7,9,16H,2,8H2,1H3;1-5,7,14H,6H2,(H,22,23);;1H2/q;;+1;/p-1. The Bertz CT molecular complexity index is 2130. The first-order valence-corrected chi connectivity index (χ1v) is 14.9. The smallest absolute Gasteiger partial charge is 0.870 e. The summed E-state index contributed by atoms with van der Waals surface area (Å²) < 4.78 is 59.2. The number of rotatable bonds is 9. The number of fused-ring (bicyclic) bond motifs is 2. The number of pyridine rings is 2. The van der Waals surface area contributed by atoms with E-state index in [0.29, 0.717) is 10.0 Å². The van der Waals surface area contributed by atoms with Crippen molar-refractivity contribution in [2.24, 2.45) is 0 Å². The van der Waals surface area contributed by atoms with Gasteiger partial charge in [0.1, 0.15) is 22.5 Å². The number of carbonyl (C=O) groups is 2. The maximum atomic E-state index is 13.1. The molecule has 256 valence electrons. The fourth-order valence-corrected chi connectivity index (χ4v) is 5.10. The minimum absolute atomic E-state index is 0. The van der Waals surface area contributed by atoms with Crippen LogP contribution in [0.4, 0.5) is 17.6 Å². The van der Waals surface area contributed by atoms with E-state index in [1.54, 1.807) is 43.5 Å². The summed E-state index contributed by atoms with van der Waals surface area (Å²) in [6.45, 7) is 2.10. The molecule has 0 radical (unpaired) electrons. The number of nitrogens with zero attached hydrogens (tertiary/aromatic N) is 6. The molecule has 4 heterocycles. The van der Waals surface area contributed by atoms with Gasteiger partial charge in [-0.15, -0.1) is 0 Å².